The Bertz CT molecular complexity index is 692. The lowest BCUT2D eigenvalue weighted by molar-refractivity contribution is -0.268. The fourth-order valence-corrected chi connectivity index (χ4v) is 5.78. The van der Waals surface area contributed by atoms with Gasteiger partial charge in [-0.3, -0.25) is 4.79 Å². The van der Waals surface area contributed by atoms with Crippen LogP contribution >= 0.6 is 0 Å². The molecular weight excluding hydrogens is 416 g/mol. The van der Waals surface area contributed by atoms with Gasteiger partial charge in [0.15, 0.2) is 0 Å². The Kier molecular flexibility index (Phi) is 7.01. The summed E-state index contributed by atoms with van der Waals surface area (Å²) in [6.07, 6.45) is 3.64. The van der Waals surface area contributed by atoms with Gasteiger partial charge in [-0.25, -0.2) is 9.59 Å². The maximum Gasteiger partial charge on any atom is 0.508 e. The van der Waals surface area contributed by atoms with Gasteiger partial charge in [0.25, 0.3) is 0 Å². The van der Waals surface area contributed by atoms with Gasteiger partial charge in [0.05, 0.1) is 18.6 Å². The summed E-state index contributed by atoms with van der Waals surface area (Å²) in [6, 6.07) is 0. The van der Waals surface area contributed by atoms with E-state index in [-0.39, 0.29) is 25.1 Å². The monoisotopic (exact) mass is 454 g/mol. The van der Waals surface area contributed by atoms with Gasteiger partial charge in [0.2, 0.25) is 0 Å². The van der Waals surface area contributed by atoms with Crippen molar-refractivity contribution in [1.82, 2.24) is 0 Å². The third-order valence-corrected chi connectivity index (χ3v) is 7.11. The molecule has 8 heteroatoms. The van der Waals surface area contributed by atoms with E-state index in [1.165, 1.54) is 0 Å². The van der Waals surface area contributed by atoms with Crippen LogP contribution in [0.15, 0.2) is 0 Å². The van der Waals surface area contributed by atoms with Gasteiger partial charge >= 0.3 is 18.3 Å². The van der Waals surface area contributed by atoms with Crippen LogP contribution in [0.1, 0.15) is 92.4 Å². The normalized spacial score (nSPS) is 32.8. The highest BCUT2D eigenvalue weighted by atomic mass is 16.7. The zero-order chi connectivity index (χ0) is 23.6. The van der Waals surface area contributed by atoms with Crippen LogP contribution in [0.4, 0.5) is 9.59 Å². The molecule has 0 N–H and O–H groups in total. The molecule has 8 nitrogen and oxygen atoms in total. The summed E-state index contributed by atoms with van der Waals surface area (Å²) >= 11 is 0. The number of hydrogen-bond donors (Lipinski definition) is 0. The van der Waals surface area contributed by atoms with Crippen molar-refractivity contribution in [3.05, 3.63) is 0 Å². The van der Waals surface area contributed by atoms with Gasteiger partial charge in [-0.1, -0.05) is 20.8 Å². The number of hydrogen-bond acceptors (Lipinski definition) is 8. The molecule has 0 amide bonds. The fraction of sp³-hybridized carbons (Fsp3) is 0.875. The molecule has 32 heavy (non-hydrogen) atoms. The third kappa shape index (κ3) is 5.15. The van der Waals surface area contributed by atoms with E-state index in [4.69, 9.17) is 23.7 Å². The van der Waals surface area contributed by atoms with E-state index in [9.17, 15) is 14.4 Å². The fourth-order valence-electron chi connectivity index (χ4n) is 5.78. The van der Waals surface area contributed by atoms with Gasteiger partial charge in [0.1, 0.15) is 16.8 Å². The first-order chi connectivity index (χ1) is 15.0. The first kappa shape index (κ1) is 24.6. The molecule has 4 bridgehead atoms. The second kappa shape index (κ2) is 9.10. The maximum absolute atomic E-state index is 13.0. The molecule has 0 aromatic heterocycles. The van der Waals surface area contributed by atoms with E-state index in [1.54, 1.807) is 0 Å². The van der Waals surface area contributed by atoms with Crippen LogP contribution in [0.5, 0.6) is 0 Å². The van der Waals surface area contributed by atoms with Crippen LogP contribution in [0.3, 0.4) is 0 Å². The molecule has 182 valence electrons. The van der Waals surface area contributed by atoms with Gasteiger partial charge in [0, 0.05) is 19.3 Å². The molecule has 4 fully saturated rings. The predicted octanol–water partition coefficient (Wildman–Crippen LogP) is 5.31. The first-order valence-electron chi connectivity index (χ1n) is 12.0. The average molecular weight is 455 g/mol. The minimum atomic E-state index is -0.897. The molecule has 0 radical (unpaired) electrons. The Hall–Kier alpha value is -1.99. The molecule has 4 aliphatic rings. The Balaban J connectivity index is 1.87. The van der Waals surface area contributed by atoms with Crippen molar-refractivity contribution in [2.24, 2.45) is 11.3 Å². The van der Waals surface area contributed by atoms with E-state index in [2.05, 4.69) is 0 Å². The molecule has 0 aliphatic heterocycles. The van der Waals surface area contributed by atoms with E-state index < -0.39 is 34.5 Å². The Labute approximate surface area is 190 Å². The Morgan fingerprint density at radius 1 is 0.750 bits per heavy atom. The molecule has 0 aromatic carbocycles. The van der Waals surface area contributed by atoms with E-state index in [1.807, 2.05) is 34.6 Å². The van der Waals surface area contributed by atoms with E-state index in [0.717, 1.165) is 0 Å². The van der Waals surface area contributed by atoms with Crippen LogP contribution in [0.25, 0.3) is 0 Å². The summed E-state index contributed by atoms with van der Waals surface area (Å²) in [6.45, 7) is 10.0. The second-order valence-electron chi connectivity index (χ2n) is 10.6. The highest BCUT2D eigenvalue weighted by Gasteiger charge is 2.69. The van der Waals surface area contributed by atoms with Gasteiger partial charge < -0.3 is 23.7 Å². The molecule has 0 aromatic rings. The summed E-state index contributed by atoms with van der Waals surface area (Å²) in [5, 5.41) is 0. The standard InChI is InChI=1S/C24H38O8/c1-6-9-28-19(26)31-23-12-17-11-22(14-23,30-18(25)21(4,5)8-3)15-24(13-17,16-23)32-20(27)29-10-7-2/h17H,6-16H2,1-5H3. The highest BCUT2D eigenvalue weighted by Crippen LogP contribution is 2.63. The number of carbonyl (C=O) groups excluding carboxylic acids is 3. The van der Waals surface area contributed by atoms with Gasteiger partial charge in [-0.2, -0.15) is 0 Å². The van der Waals surface area contributed by atoms with Crippen LogP contribution in [0, 0.1) is 11.3 Å². The smallest absolute Gasteiger partial charge is 0.458 e. The summed E-state index contributed by atoms with van der Waals surface area (Å²) in [7, 11) is 0. The van der Waals surface area contributed by atoms with Crippen molar-refractivity contribution < 1.29 is 38.1 Å². The third-order valence-electron chi connectivity index (χ3n) is 7.11. The minimum absolute atomic E-state index is 0.0988. The topological polar surface area (TPSA) is 97.4 Å². The average Bonchev–Trinajstić information content (AvgIpc) is 2.68. The summed E-state index contributed by atoms with van der Waals surface area (Å²) in [4.78, 5) is 37.8. The number of rotatable bonds is 9. The summed E-state index contributed by atoms with van der Waals surface area (Å²) in [5.74, 6) is -0.184. The van der Waals surface area contributed by atoms with Gasteiger partial charge in [-0.05, 0) is 58.3 Å². The molecule has 2 atom stereocenters. The lowest BCUT2D eigenvalue weighted by Crippen LogP contribution is -2.69. The molecule has 4 aliphatic carbocycles. The largest absolute Gasteiger partial charge is 0.508 e. The van der Waals surface area contributed by atoms with Crippen LogP contribution in [-0.2, 0) is 28.5 Å². The van der Waals surface area contributed by atoms with Crippen LogP contribution in [-0.4, -0.2) is 48.3 Å². The molecule has 2 unspecified atom stereocenters. The molecule has 4 saturated carbocycles. The van der Waals surface area contributed by atoms with Crippen molar-refractivity contribution >= 4 is 18.3 Å². The van der Waals surface area contributed by atoms with Gasteiger partial charge in [-0.15, -0.1) is 0 Å². The first-order valence-corrected chi connectivity index (χ1v) is 12.0. The van der Waals surface area contributed by atoms with E-state index in [0.29, 0.717) is 57.8 Å². The predicted molar refractivity (Wildman–Crippen MR) is 115 cm³/mol. The Morgan fingerprint density at radius 2 is 1.16 bits per heavy atom. The van der Waals surface area contributed by atoms with Crippen molar-refractivity contribution in [2.75, 3.05) is 13.2 Å². The maximum atomic E-state index is 13.0. The lowest BCUT2D eigenvalue weighted by Gasteiger charge is -2.63. The number of ether oxygens (including phenoxy) is 5. The quantitative estimate of drug-likeness (QED) is 0.342. The van der Waals surface area contributed by atoms with Crippen molar-refractivity contribution in [3.8, 4) is 0 Å². The Morgan fingerprint density at radius 3 is 1.53 bits per heavy atom. The molecule has 0 heterocycles. The summed E-state index contributed by atoms with van der Waals surface area (Å²) in [5.41, 5.74) is -3.28. The second-order valence-corrected chi connectivity index (χ2v) is 10.6. The molecule has 0 spiro atoms. The summed E-state index contributed by atoms with van der Waals surface area (Å²) < 4.78 is 28.3. The zero-order valence-corrected chi connectivity index (χ0v) is 20.1. The zero-order valence-electron chi connectivity index (χ0n) is 20.1. The number of esters is 1. The molecular formula is C24H38O8. The van der Waals surface area contributed by atoms with Crippen molar-refractivity contribution in [1.29, 1.82) is 0 Å². The SMILES string of the molecule is CCCOC(=O)OC12CC3CC(OC(=O)OCCC)(C1)CC(OC(=O)C(C)(C)CC)(C3)C2. The van der Waals surface area contributed by atoms with Crippen molar-refractivity contribution in [2.45, 2.75) is 109 Å². The van der Waals surface area contributed by atoms with Crippen molar-refractivity contribution in [3.63, 3.8) is 0 Å². The van der Waals surface area contributed by atoms with Crippen LogP contribution < -0.4 is 0 Å². The minimum Gasteiger partial charge on any atom is -0.458 e. The molecule has 0 saturated heterocycles. The van der Waals surface area contributed by atoms with Crippen LogP contribution in [0.2, 0.25) is 0 Å². The molecule has 4 rings (SSSR count). The number of carbonyl (C=O) groups is 3. The highest BCUT2D eigenvalue weighted by molar-refractivity contribution is 5.76. The van der Waals surface area contributed by atoms with E-state index >= 15 is 0 Å². The lowest BCUT2D eigenvalue weighted by atomic mass is 9.50.